The lowest BCUT2D eigenvalue weighted by molar-refractivity contribution is 0.318. The zero-order chi connectivity index (χ0) is 20.1. The topological polar surface area (TPSA) is 16.1 Å². The van der Waals surface area contributed by atoms with Crippen LogP contribution in [0.25, 0.3) is 11.3 Å². The Hall–Kier alpha value is -2.52. The van der Waals surface area contributed by atoms with Crippen LogP contribution in [0, 0.1) is 12.7 Å². The van der Waals surface area contributed by atoms with Crippen molar-refractivity contribution in [1.82, 2.24) is 9.88 Å². The van der Waals surface area contributed by atoms with Crippen LogP contribution in [0.4, 0.5) is 4.39 Å². The molecule has 0 fully saturated rings. The molecule has 146 valence electrons. The Balaban J connectivity index is 1.80. The van der Waals surface area contributed by atoms with E-state index in [0.29, 0.717) is 0 Å². The summed E-state index contributed by atoms with van der Waals surface area (Å²) < 4.78 is 13.1. The molecule has 0 aliphatic rings. The molecular weight excluding hydrogens is 347 g/mol. The van der Waals surface area contributed by atoms with Gasteiger partial charge in [-0.1, -0.05) is 50.2 Å². The number of rotatable bonds is 7. The maximum Gasteiger partial charge on any atom is 0.123 e. The van der Waals surface area contributed by atoms with Crippen LogP contribution >= 0.6 is 0 Å². The Kier molecular flexibility index (Phi) is 6.58. The lowest BCUT2D eigenvalue weighted by Crippen LogP contribution is -2.18. The number of hydrogen-bond acceptors (Lipinski definition) is 2. The van der Waals surface area contributed by atoms with Crippen LogP contribution < -0.4 is 0 Å². The second-order valence-electron chi connectivity index (χ2n) is 7.40. The summed E-state index contributed by atoms with van der Waals surface area (Å²) in [5.74, 6) is -0.194. The van der Waals surface area contributed by atoms with E-state index < -0.39 is 0 Å². The smallest absolute Gasteiger partial charge is 0.123 e. The van der Waals surface area contributed by atoms with Gasteiger partial charge < -0.3 is 0 Å². The largest absolute Gasteiger partial charge is 0.298 e. The Morgan fingerprint density at radius 2 is 1.46 bits per heavy atom. The SMILES string of the molecule is CCc1cccc(CC)c1-c1ccc(CN(C)Cc2ccc(F)cc2)c(C)n1. The van der Waals surface area contributed by atoms with Gasteiger partial charge in [-0.2, -0.15) is 0 Å². The number of aryl methyl sites for hydroxylation is 3. The number of halogens is 1. The fraction of sp³-hybridized carbons (Fsp3) is 0.320. The molecule has 0 spiro atoms. The van der Waals surface area contributed by atoms with Gasteiger partial charge in [-0.05, 0) is 67.3 Å². The van der Waals surface area contributed by atoms with Crippen molar-refractivity contribution < 1.29 is 4.39 Å². The molecule has 0 bridgehead atoms. The highest BCUT2D eigenvalue weighted by Gasteiger charge is 2.12. The van der Waals surface area contributed by atoms with Gasteiger partial charge in [0.1, 0.15) is 5.82 Å². The molecule has 1 aromatic heterocycles. The van der Waals surface area contributed by atoms with Crippen molar-refractivity contribution in [2.45, 2.75) is 46.7 Å². The third-order valence-electron chi connectivity index (χ3n) is 5.26. The predicted molar refractivity (Wildman–Crippen MR) is 115 cm³/mol. The molecule has 2 aromatic carbocycles. The van der Waals surface area contributed by atoms with Crippen molar-refractivity contribution in [2.75, 3.05) is 7.05 Å². The van der Waals surface area contributed by atoms with Crippen molar-refractivity contribution >= 4 is 0 Å². The average Bonchev–Trinajstić information content (AvgIpc) is 2.70. The molecule has 0 aliphatic carbocycles. The minimum absolute atomic E-state index is 0.194. The molecule has 0 aliphatic heterocycles. The van der Waals surface area contributed by atoms with Crippen LogP contribution in [-0.2, 0) is 25.9 Å². The summed E-state index contributed by atoms with van der Waals surface area (Å²) in [5.41, 5.74) is 8.46. The zero-order valence-electron chi connectivity index (χ0n) is 17.3. The summed E-state index contributed by atoms with van der Waals surface area (Å²) in [5, 5.41) is 0. The second-order valence-corrected chi connectivity index (χ2v) is 7.40. The van der Waals surface area contributed by atoms with Crippen LogP contribution in [0.3, 0.4) is 0 Å². The third-order valence-corrected chi connectivity index (χ3v) is 5.26. The minimum Gasteiger partial charge on any atom is -0.298 e. The normalized spacial score (nSPS) is 11.2. The van der Waals surface area contributed by atoms with E-state index in [0.717, 1.165) is 42.9 Å². The summed E-state index contributed by atoms with van der Waals surface area (Å²) in [7, 11) is 2.08. The number of pyridine rings is 1. The van der Waals surface area contributed by atoms with E-state index in [-0.39, 0.29) is 5.82 Å². The van der Waals surface area contributed by atoms with Crippen molar-refractivity contribution in [1.29, 1.82) is 0 Å². The van der Waals surface area contributed by atoms with Crippen LogP contribution in [-0.4, -0.2) is 16.9 Å². The van der Waals surface area contributed by atoms with Gasteiger partial charge in [0.15, 0.2) is 0 Å². The van der Waals surface area contributed by atoms with E-state index in [4.69, 9.17) is 4.98 Å². The number of hydrogen-bond donors (Lipinski definition) is 0. The first-order valence-electron chi connectivity index (χ1n) is 10.0. The zero-order valence-corrected chi connectivity index (χ0v) is 17.3. The summed E-state index contributed by atoms with van der Waals surface area (Å²) in [6.45, 7) is 8.07. The molecule has 0 atom stereocenters. The Morgan fingerprint density at radius 1 is 0.821 bits per heavy atom. The highest BCUT2D eigenvalue weighted by molar-refractivity contribution is 5.68. The quantitative estimate of drug-likeness (QED) is 0.506. The fourth-order valence-corrected chi connectivity index (χ4v) is 3.72. The minimum atomic E-state index is -0.194. The van der Waals surface area contributed by atoms with Crippen LogP contribution in [0.2, 0.25) is 0 Å². The van der Waals surface area contributed by atoms with E-state index >= 15 is 0 Å². The van der Waals surface area contributed by atoms with Gasteiger partial charge in [0.05, 0.1) is 5.69 Å². The monoisotopic (exact) mass is 376 g/mol. The molecule has 3 heteroatoms. The molecular formula is C25H29FN2. The lowest BCUT2D eigenvalue weighted by Gasteiger charge is -2.19. The first-order valence-corrected chi connectivity index (χ1v) is 10.0. The molecule has 3 aromatic rings. The number of aromatic nitrogens is 1. The second kappa shape index (κ2) is 9.11. The van der Waals surface area contributed by atoms with Crippen LogP contribution in [0.15, 0.2) is 54.6 Å². The van der Waals surface area contributed by atoms with Crippen molar-refractivity contribution in [3.05, 3.63) is 88.4 Å². The van der Waals surface area contributed by atoms with E-state index in [1.165, 1.54) is 34.4 Å². The van der Waals surface area contributed by atoms with Crippen LogP contribution in [0.5, 0.6) is 0 Å². The standard InChI is InChI=1S/C25H29FN2/c1-5-20-8-7-9-21(6-2)25(20)24-15-12-22(18(3)27-24)17-28(4)16-19-10-13-23(26)14-11-19/h7-15H,5-6,16-17H2,1-4H3. The third kappa shape index (κ3) is 4.66. The molecule has 0 N–H and O–H groups in total. The lowest BCUT2D eigenvalue weighted by atomic mass is 9.94. The maximum absolute atomic E-state index is 13.1. The van der Waals surface area contributed by atoms with Gasteiger partial charge in [0, 0.05) is 24.3 Å². The van der Waals surface area contributed by atoms with E-state index in [1.54, 1.807) is 0 Å². The molecule has 0 saturated carbocycles. The first kappa shape index (κ1) is 20.2. The maximum atomic E-state index is 13.1. The molecule has 1 heterocycles. The van der Waals surface area contributed by atoms with Gasteiger partial charge in [0.2, 0.25) is 0 Å². The van der Waals surface area contributed by atoms with Gasteiger partial charge >= 0.3 is 0 Å². The van der Waals surface area contributed by atoms with Crippen molar-refractivity contribution in [3.63, 3.8) is 0 Å². The predicted octanol–water partition coefficient (Wildman–Crippen LogP) is 5.95. The van der Waals surface area contributed by atoms with Crippen molar-refractivity contribution in [2.24, 2.45) is 0 Å². The highest BCUT2D eigenvalue weighted by Crippen LogP contribution is 2.28. The first-order chi connectivity index (χ1) is 13.5. The molecule has 3 rings (SSSR count). The Bertz CT molecular complexity index is 910. The van der Waals surface area contributed by atoms with Gasteiger partial charge in [-0.25, -0.2) is 4.39 Å². The van der Waals surface area contributed by atoms with Crippen LogP contribution in [0.1, 0.15) is 41.8 Å². The Morgan fingerprint density at radius 3 is 2.04 bits per heavy atom. The molecule has 2 nitrogen and oxygen atoms in total. The Labute approximate surface area is 168 Å². The van der Waals surface area contributed by atoms with E-state index in [2.05, 4.69) is 63.1 Å². The summed E-state index contributed by atoms with van der Waals surface area (Å²) in [6.07, 6.45) is 2.01. The fourth-order valence-electron chi connectivity index (χ4n) is 3.72. The molecule has 0 saturated heterocycles. The number of nitrogens with zero attached hydrogens (tertiary/aromatic N) is 2. The van der Waals surface area contributed by atoms with Gasteiger partial charge in [-0.3, -0.25) is 9.88 Å². The summed E-state index contributed by atoms with van der Waals surface area (Å²) >= 11 is 0. The molecule has 28 heavy (non-hydrogen) atoms. The average molecular weight is 377 g/mol. The molecule has 0 amide bonds. The highest BCUT2D eigenvalue weighted by atomic mass is 19.1. The van der Waals surface area contributed by atoms with E-state index in [9.17, 15) is 4.39 Å². The van der Waals surface area contributed by atoms with Gasteiger partial charge in [0.25, 0.3) is 0 Å². The van der Waals surface area contributed by atoms with E-state index in [1.807, 2.05) is 12.1 Å². The molecule has 0 radical (unpaired) electrons. The van der Waals surface area contributed by atoms with Gasteiger partial charge in [-0.15, -0.1) is 0 Å². The van der Waals surface area contributed by atoms with Crippen molar-refractivity contribution in [3.8, 4) is 11.3 Å². The summed E-state index contributed by atoms with van der Waals surface area (Å²) in [4.78, 5) is 7.19. The number of benzene rings is 2. The molecule has 0 unspecified atom stereocenters. The summed E-state index contributed by atoms with van der Waals surface area (Å²) in [6, 6.07) is 17.6.